The first kappa shape index (κ1) is 35.8. The third-order valence-corrected chi connectivity index (χ3v) is 9.92. The molecule has 2 aromatic heterocycles. The maximum absolute atomic E-state index is 12.9. The molecular formula is C35H40N4O8S. The van der Waals surface area contributed by atoms with Crippen LogP contribution in [0, 0.1) is 13.8 Å². The second kappa shape index (κ2) is 14.8. The van der Waals surface area contributed by atoms with Gasteiger partial charge in [-0.05, 0) is 87.4 Å². The number of carboxylic acid groups (broad SMARTS) is 3. The average molecular weight is 677 g/mol. The van der Waals surface area contributed by atoms with E-state index in [-0.39, 0.29) is 48.5 Å². The van der Waals surface area contributed by atoms with E-state index in [0.717, 1.165) is 45.4 Å². The molecule has 7 N–H and O–H groups in total. The zero-order valence-electron chi connectivity index (χ0n) is 27.6. The second-order valence-corrected chi connectivity index (χ2v) is 13.2. The van der Waals surface area contributed by atoms with Crippen LogP contribution in [0.5, 0.6) is 0 Å². The highest BCUT2D eigenvalue weighted by Crippen LogP contribution is 2.33. The first-order valence-electron chi connectivity index (χ1n) is 15.4. The van der Waals surface area contributed by atoms with Gasteiger partial charge in [0.1, 0.15) is 0 Å². The van der Waals surface area contributed by atoms with Gasteiger partial charge in [0.15, 0.2) is 0 Å². The molecule has 13 heteroatoms. The van der Waals surface area contributed by atoms with Crippen LogP contribution in [0.2, 0.25) is 0 Å². The number of H-pyrrole nitrogens is 2. The molecule has 254 valence electrons. The van der Waals surface area contributed by atoms with Crippen molar-refractivity contribution < 1.29 is 39.3 Å². The molecule has 4 rings (SSSR count). The first-order valence-corrected chi connectivity index (χ1v) is 16.5. The van der Waals surface area contributed by atoms with Crippen molar-refractivity contribution in [2.24, 2.45) is 0 Å². The van der Waals surface area contributed by atoms with Crippen LogP contribution in [-0.4, -0.2) is 66.0 Å². The summed E-state index contributed by atoms with van der Waals surface area (Å²) >= 11 is 1.16. The molecule has 2 aliphatic rings. The number of nitrogens with one attached hydrogen (secondary N) is 4. The van der Waals surface area contributed by atoms with Gasteiger partial charge >= 0.3 is 17.9 Å². The summed E-state index contributed by atoms with van der Waals surface area (Å²) in [5.74, 6) is -3.51. The van der Waals surface area contributed by atoms with Crippen LogP contribution in [0.15, 0.2) is 46.3 Å². The number of allylic oxidation sites excluding steroid dienone is 2. The van der Waals surface area contributed by atoms with Gasteiger partial charge in [-0.3, -0.25) is 24.0 Å². The number of carboxylic acids is 3. The van der Waals surface area contributed by atoms with Gasteiger partial charge in [-0.15, -0.1) is 11.8 Å². The van der Waals surface area contributed by atoms with Gasteiger partial charge < -0.3 is 35.9 Å². The molecule has 2 aliphatic heterocycles. The molecule has 0 saturated carbocycles. The zero-order valence-corrected chi connectivity index (χ0v) is 28.4. The molecule has 0 saturated heterocycles. The average Bonchev–Trinajstić information content (AvgIpc) is 3.66. The van der Waals surface area contributed by atoms with Gasteiger partial charge in [0.05, 0.1) is 11.4 Å². The summed E-state index contributed by atoms with van der Waals surface area (Å²) in [6.45, 7) is 12.9. The molecule has 0 aliphatic carbocycles. The largest absolute Gasteiger partial charge is 0.481 e. The topological polar surface area (TPSA) is 202 Å². The van der Waals surface area contributed by atoms with Crippen molar-refractivity contribution in [2.75, 3.05) is 5.75 Å². The number of rotatable bonds is 15. The van der Waals surface area contributed by atoms with Crippen molar-refractivity contribution >= 4 is 53.6 Å². The summed E-state index contributed by atoms with van der Waals surface area (Å²) in [5, 5.41) is 33.5. The van der Waals surface area contributed by atoms with Crippen molar-refractivity contribution in [1.29, 1.82) is 0 Å². The normalized spacial score (nSPS) is 17.0. The molecule has 0 aromatic carbocycles. The van der Waals surface area contributed by atoms with Crippen LogP contribution >= 0.6 is 11.8 Å². The summed E-state index contributed by atoms with van der Waals surface area (Å²) < 4.78 is 0. The number of aromatic nitrogens is 2. The maximum Gasteiger partial charge on any atom is 0.313 e. The summed E-state index contributed by atoms with van der Waals surface area (Å²) in [6.07, 6.45) is 5.81. The van der Waals surface area contributed by atoms with E-state index in [1.54, 1.807) is 39.0 Å². The fourth-order valence-electron chi connectivity index (χ4n) is 6.13. The number of aromatic amines is 2. The summed E-state index contributed by atoms with van der Waals surface area (Å²) in [7, 11) is 0. The lowest BCUT2D eigenvalue weighted by Gasteiger charge is -2.10. The van der Waals surface area contributed by atoms with Gasteiger partial charge in [-0.1, -0.05) is 12.7 Å². The highest BCUT2D eigenvalue weighted by Gasteiger charge is 2.30. The lowest BCUT2D eigenvalue weighted by atomic mass is 9.98. The minimum atomic E-state index is -0.964. The molecular weight excluding hydrogens is 636 g/mol. The molecule has 0 bridgehead atoms. The van der Waals surface area contributed by atoms with Crippen molar-refractivity contribution in [3.05, 3.63) is 91.4 Å². The molecule has 48 heavy (non-hydrogen) atoms. The standard InChI is InChI=1S/C35H40N4O8S/c1-7-21-18(4)34(46)39-27(21)13-25-17(3)23(9-11-31(42)43)29(37-25)14-28-22(8-10-30(40)41)16(2)24(36-28)12-26-19(5)33(35(47)38-26)20(6)48-15-32(44)45/h7,12-13,20,36-37H,1,8-11,14-15H2,2-6H3,(H,38,47)(H,39,46)(H,40,41)(H,42,43)(H,44,45)/b26-12+,27-13+. The smallest absolute Gasteiger partial charge is 0.313 e. The van der Waals surface area contributed by atoms with Crippen molar-refractivity contribution in [1.82, 2.24) is 20.6 Å². The first-order chi connectivity index (χ1) is 22.6. The number of amides is 2. The molecule has 0 radical (unpaired) electrons. The van der Waals surface area contributed by atoms with Gasteiger partial charge in [0.2, 0.25) is 0 Å². The number of aliphatic carboxylic acids is 3. The van der Waals surface area contributed by atoms with E-state index in [2.05, 4.69) is 27.2 Å². The van der Waals surface area contributed by atoms with Crippen LogP contribution < -0.4 is 10.6 Å². The van der Waals surface area contributed by atoms with Gasteiger partial charge in [0, 0.05) is 69.7 Å². The number of thioether (sulfide) groups is 1. The van der Waals surface area contributed by atoms with E-state index >= 15 is 0 Å². The summed E-state index contributed by atoms with van der Waals surface area (Å²) in [4.78, 5) is 66.4. The predicted molar refractivity (Wildman–Crippen MR) is 183 cm³/mol. The molecule has 2 aromatic rings. The third-order valence-electron chi connectivity index (χ3n) is 8.77. The summed E-state index contributed by atoms with van der Waals surface area (Å²) in [5.41, 5.74) is 9.67. The monoisotopic (exact) mass is 676 g/mol. The molecule has 1 unspecified atom stereocenters. The quantitative estimate of drug-likeness (QED) is 0.141. The summed E-state index contributed by atoms with van der Waals surface area (Å²) in [6, 6.07) is 0. The van der Waals surface area contributed by atoms with Crippen LogP contribution in [0.3, 0.4) is 0 Å². The van der Waals surface area contributed by atoms with Crippen LogP contribution in [0.4, 0.5) is 0 Å². The Balaban J connectivity index is 1.78. The molecule has 1 atom stereocenters. The van der Waals surface area contributed by atoms with E-state index in [1.165, 1.54) is 0 Å². The third kappa shape index (κ3) is 7.73. The fourth-order valence-corrected chi connectivity index (χ4v) is 6.98. The Kier molecular flexibility index (Phi) is 11.0. The number of hydrogen-bond donors (Lipinski definition) is 7. The van der Waals surface area contributed by atoms with Gasteiger partial charge in [-0.25, -0.2) is 0 Å². The zero-order chi connectivity index (χ0) is 35.4. The SMILES string of the molecule is C=CC1=C(C)C(=O)N/C1=C/c1[nH]c(Cc2[nH]c(/C=C3/NC(=O)C(C(C)SCC(=O)O)=C3C)c(C)c2CCC(=O)O)c(CCC(=O)O)c1C. The molecule has 4 heterocycles. The number of hydrogen-bond acceptors (Lipinski definition) is 6. The Morgan fingerprint density at radius 1 is 0.771 bits per heavy atom. The predicted octanol–water partition coefficient (Wildman–Crippen LogP) is 4.55. The Morgan fingerprint density at radius 3 is 1.75 bits per heavy atom. The van der Waals surface area contributed by atoms with Crippen molar-refractivity contribution in [3.8, 4) is 0 Å². The molecule has 2 amide bonds. The van der Waals surface area contributed by atoms with Crippen LogP contribution in [0.25, 0.3) is 12.2 Å². The Morgan fingerprint density at radius 2 is 1.27 bits per heavy atom. The molecule has 0 spiro atoms. The van der Waals surface area contributed by atoms with E-state index < -0.39 is 17.9 Å². The van der Waals surface area contributed by atoms with E-state index in [4.69, 9.17) is 5.11 Å². The Bertz CT molecular complexity index is 1850. The van der Waals surface area contributed by atoms with Crippen LogP contribution in [-0.2, 0) is 43.2 Å². The Labute approximate surface area is 282 Å². The second-order valence-electron chi connectivity index (χ2n) is 11.9. The maximum atomic E-state index is 12.9. The molecule has 0 fully saturated rings. The highest BCUT2D eigenvalue weighted by atomic mass is 32.2. The van der Waals surface area contributed by atoms with Crippen molar-refractivity contribution in [2.45, 2.75) is 72.0 Å². The number of carbonyl (C=O) groups excluding carboxylic acids is 2. The van der Waals surface area contributed by atoms with Crippen molar-refractivity contribution in [3.63, 3.8) is 0 Å². The van der Waals surface area contributed by atoms with E-state index in [1.807, 2.05) is 13.8 Å². The number of carbonyl (C=O) groups is 5. The Hall–Kier alpha value is -5.04. The van der Waals surface area contributed by atoms with E-state index in [0.29, 0.717) is 51.5 Å². The lowest BCUT2D eigenvalue weighted by Crippen LogP contribution is -2.21. The van der Waals surface area contributed by atoms with Gasteiger partial charge in [0.25, 0.3) is 11.8 Å². The fraction of sp³-hybridized carbons (Fsp3) is 0.343. The minimum Gasteiger partial charge on any atom is -0.481 e. The van der Waals surface area contributed by atoms with Gasteiger partial charge in [-0.2, -0.15) is 0 Å². The van der Waals surface area contributed by atoms with Crippen LogP contribution in [0.1, 0.15) is 78.6 Å². The highest BCUT2D eigenvalue weighted by molar-refractivity contribution is 8.00. The molecule has 12 nitrogen and oxygen atoms in total. The lowest BCUT2D eigenvalue weighted by molar-refractivity contribution is -0.138. The van der Waals surface area contributed by atoms with E-state index in [9.17, 15) is 34.2 Å². The minimum absolute atomic E-state index is 0.0981.